The molecule has 1 aliphatic carbocycles. The quantitative estimate of drug-likeness (QED) is 0.382. The molecular weight excluding hydrogens is 187 g/mol. The van der Waals surface area contributed by atoms with E-state index in [0.29, 0.717) is 6.08 Å². The van der Waals surface area contributed by atoms with Crippen LogP contribution in [0.2, 0.25) is 0 Å². The average molecular weight is 193 g/mol. The van der Waals surface area contributed by atoms with E-state index >= 15 is 0 Å². The summed E-state index contributed by atoms with van der Waals surface area (Å²) in [4.78, 5) is 8.98. The molecule has 0 aliphatic heterocycles. The highest BCUT2D eigenvalue weighted by molar-refractivity contribution is 5.27. The zero-order chi connectivity index (χ0) is 10.1. The molecule has 0 aromatic heterocycles. The van der Waals surface area contributed by atoms with E-state index in [1.54, 1.807) is 0 Å². The Labute approximate surface area is 71.7 Å². The first-order chi connectivity index (χ1) is 5.96. The zero-order valence-corrected chi connectivity index (χ0v) is 6.41. The van der Waals surface area contributed by atoms with E-state index in [0.717, 1.165) is 12.2 Å². The monoisotopic (exact) mass is 193 g/mol. The largest absolute Gasteiger partial charge is 0.381 e. The molecule has 72 valence electrons. The van der Waals surface area contributed by atoms with Gasteiger partial charge in [0, 0.05) is 11.6 Å². The van der Waals surface area contributed by atoms with Crippen molar-refractivity contribution >= 4 is 0 Å². The summed E-state index contributed by atoms with van der Waals surface area (Å²) >= 11 is 0. The topological polar surface area (TPSA) is 43.1 Å². The Balaban J connectivity index is 2.79. The number of halogens is 3. The molecule has 1 aliphatic rings. The summed E-state index contributed by atoms with van der Waals surface area (Å²) in [5.41, 5.74) is -0.380. The predicted molar refractivity (Wildman–Crippen MR) is 38.7 cm³/mol. The van der Waals surface area contributed by atoms with Crippen LogP contribution < -0.4 is 0 Å². The molecule has 0 amide bonds. The van der Waals surface area contributed by atoms with Crippen LogP contribution in [0.5, 0.6) is 0 Å². The van der Waals surface area contributed by atoms with Gasteiger partial charge in [0.2, 0.25) is 0 Å². The Kier molecular flexibility index (Phi) is 2.40. The lowest BCUT2D eigenvalue weighted by Gasteiger charge is -2.15. The third-order valence-electron chi connectivity index (χ3n) is 1.71. The van der Waals surface area contributed by atoms with E-state index in [1.165, 1.54) is 0 Å². The van der Waals surface area contributed by atoms with Crippen molar-refractivity contribution in [1.29, 1.82) is 0 Å². The van der Waals surface area contributed by atoms with E-state index in [2.05, 4.69) is 0 Å². The third kappa shape index (κ3) is 1.88. The van der Waals surface area contributed by atoms with Crippen LogP contribution in [0.4, 0.5) is 13.2 Å². The number of hydrogen-bond donors (Lipinski definition) is 0. The van der Waals surface area contributed by atoms with Gasteiger partial charge in [-0.1, -0.05) is 6.08 Å². The molecule has 0 fully saturated rings. The molecule has 1 atom stereocenters. The standard InChI is InChI=1S/C7H6F3NO2/c8-6(9)5-1-3-7(10,4-2-5)11(12)13/h1-3,6H,4H2. The van der Waals surface area contributed by atoms with Gasteiger partial charge in [-0.25, -0.2) is 8.78 Å². The second-order valence-electron chi connectivity index (χ2n) is 2.62. The van der Waals surface area contributed by atoms with Crippen molar-refractivity contribution in [2.45, 2.75) is 18.6 Å². The smallest absolute Gasteiger partial charge is 0.261 e. The highest BCUT2D eigenvalue weighted by atomic mass is 19.3. The van der Waals surface area contributed by atoms with Crippen LogP contribution in [0, 0.1) is 10.1 Å². The number of hydrogen-bond acceptors (Lipinski definition) is 2. The van der Waals surface area contributed by atoms with Gasteiger partial charge in [0.1, 0.15) is 0 Å². The van der Waals surface area contributed by atoms with Gasteiger partial charge < -0.3 is 0 Å². The molecule has 13 heavy (non-hydrogen) atoms. The number of allylic oxidation sites excluding steroid dienone is 2. The molecule has 6 heteroatoms. The first-order valence-electron chi connectivity index (χ1n) is 3.46. The molecule has 0 bridgehead atoms. The maximum atomic E-state index is 13.1. The minimum atomic E-state index is -2.72. The van der Waals surface area contributed by atoms with Crippen LogP contribution in [0.15, 0.2) is 23.8 Å². The van der Waals surface area contributed by atoms with Crippen LogP contribution >= 0.6 is 0 Å². The fourth-order valence-corrected chi connectivity index (χ4v) is 0.918. The van der Waals surface area contributed by atoms with E-state index in [4.69, 9.17) is 0 Å². The molecule has 0 saturated heterocycles. The first kappa shape index (κ1) is 9.76. The Hall–Kier alpha value is -1.33. The number of nitrogens with zero attached hydrogens (tertiary/aromatic N) is 1. The molecule has 0 saturated carbocycles. The number of rotatable bonds is 2. The summed E-state index contributed by atoms with van der Waals surface area (Å²) in [6.07, 6.45) is -1.22. The maximum Gasteiger partial charge on any atom is 0.381 e. The van der Waals surface area contributed by atoms with Gasteiger partial charge in [0.15, 0.2) is 0 Å². The second kappa shape index (κ2) is 3.20. The highest BCUT2D eigenvalue weighted by Crippen LogP contribution is 2.27. The molecule has 0 heterocycles. The molecule has 0 aromatic rings. The summed E-state index contributed by atoms with van der Waals surface area (Å²) < 4.78 is 37.0. The normalized spacial score (nSPS) is 27.5. The lowest BCUT2D eigenvalue weighted by atomic mass is 10.0. The number of alkyl halides is 3. The third-order valence-corrected chi connectivity index (χ3v) is 1.71. The van der Waals surface area contributed by atoms with Crippen LogP contribution in [0.3, 0.4) is 0 Å². The Morgan fingerprint density at radius 2 is 2.23 bits per heavy atom. The van der Waals surface area contributed by atoms with Crippen molar-refractivity contribution < 1.29 is 18.1 Å². The Bertz CT molecular complexity index is 287. The molecule has 0 aromatic carbocycles. The molecule has 0 N–H and O–H groups in total. The molecule has 3 nitrogen and oxygen atoms in total. The van der Waals surface area contributed by atoms with Gasteiger partial charge in [0.25, 0.3) is 6.43 Å². The first-order valence-corrected chi connectivity index (χ1v) is 3.46. The van der Waals surface area contributed by atoms with Crippen LogP contribution in [-0.4, -0.2) is 17.1 Å². The van der Waals surface area contributed by atoms with Crippen molar-refractivity contribution in [3.8, 4) is 0 Å². The SMILES string of the molecule is O=[N+]([O-])C1(F)C=CC(C(F)F)=CC1. The van der Waals surface area contributed by atoms with Crippen molar-refractivity contribution in [3.63, 3.8) is 0 Å². The zero-order valence-electron chi connectivity index (χ0n) is 6.41. The molecule has 1 unspecified atom stereocenters. The van der Waals surface area contributed by atoms with Crippen LogP contribution in [-0.2, 0) is 0 Å². The molecular formula is C7H6F3NO2. The Morgan fingerprint density at radius 3 is 2.54 bits per heavy atom. The van der Waals surface area contributed by atoms with Crippen LogP contribution in [0.25, 0.3) is 0 Å². The minimum Gasteiger partial charge on any atom is -0.261 e. The van der Waals surface area contributed by atoms with Crippen molar-refractivity contribution in [2.24, 2.45) is 0 Å². The lowest BCUT2D eigenvalue weighted by Crippen LogP contribution is -2.31. The fourth-order valence-electron chi connectivity index (χ4n) is 0.918. The predicted octanol–water partition coefficient (Wildman–Crippen LogP) is 2.08. The summed E-state index contributed by atoms with van der Waals surface area (Å²) in [7, 11) is 0. The average Bonchev–Trinajstić information content (AvgIpc) is 2.04. The highest BCUT2D eigenvalue weighted by Gasteiger charge is 2.41. The van der Waals surface area contributed by atoms with Gasteiger partial charge in [-0.05, 0) is 6.08 Å². The number of nitro groups is 1. The van der Waals surface area contributed by atoms with E-state index in [9.17, 15) is 23.3 Å². The maximum absolute atomic E-state index is 13.1. The summed E-state index contributed by atoms with van der Waals surface area (Å²) in [6, 6.07) is 0. The van der Waals surface area contributed by atoms with E-state index < -0.39 is 23.6 Å². The summed E-state index contributed by atoms with van der Waals surface area (Å²) in [5.74, 6) is -2.72. The molecule has 0 spiro atoms. The molecule has 1 rings (SSSR count). The summed E-state index contributed by atoms with van der Waals surface area (Å²) in [6.45, 7) is 0. The van der Waals surface area contributed by atoms with Gasteiger partial charge in [-0.15, -0.1) is 0 Å². The van der Waals surface area contributed by atoms with Gasteiger partial charge >= 0.3 is 5.79 Å². The van der Waals surface area contributed by atoms with Gasteiger partial charge in [-0.3, -0.25) is 10.1 Å². The minimum absolute atomic E-state index is 0.380. The Morgan fingerprint density at radius 1 is 1.62 bits per heavy atom. The van der Waals surface area contributed by atoms with Crippen LogP contribution in [0.1, 0.15) is 6.42 Å². The second-order valence-corrected chi connectivity index (χ2v) is 2.62. The van der Waals surface area contributed by atoms with Gasteiger partial charge in [-0.2, -0.15) is 4.39 Å². The molecule has 0 radical (unpaired) electrons. The van der Waals surface area contributed by atoms with E-state index in [-0.39, 0.29) is 5.57 Å². The lowest BCUT2D eigenvalue weighted by molar-refractivity contribution is -0.588. The van der Waals surface area contributed by atoms with E-state index in [1.807, 2.05) is 0 Å². The van der Waals surface area contributed by atoms with Gasteiger partial charge in [0.05, 0.1) is 11.3 Å². The fraction of sp³-hybridized carbons (Fsp3) is 0.429. The van der Waals surface area contributed by atoms with Crippen molar-refractivity contribution in [1.82, 2.24) is 0 Å². The van der Waals surface area contributed by atoms with Crippen molar-refractivity contribution in [3.05, 3.63) is 33.9 Å². The van der Waals surface area contributed by atoms with Crippen molar-refractivity contribution in [2.75, 3.05) is 0 Å². The summed E-state index contributed by atoms with van der Waals surface area (Å²) in [5, 5.41) is 10.1.